The topological polar surface area (TPSA) is 52.6 Å². The largest absolute Gasteiger partial charge is 0.372 e. The zero-order valence-corrected chi connectivity index (χ0v) is 15.7. The Morgan fingerprint density at radius 2 is 1.62 bits per heavy atom. The molecule has 0 aliphatic carbocycles. The van der Waals surface area contributed by atoms with Gasteiger partial charge in [-0.05, 0) is 30.2 Å². The number of carbonyl (C=O) groups excluding carboxylic acids is 1. The molecule has 0 atom stereocenters. The van der Waals surface area contributed by atoms with Crippen molar-refractivity contribution in [3.05, 3.63) is 83.4 Å². The Morgan fingerprint density at radius 1 is 1.08 bits per heavy atom. The number of aliphatic hydroxyl groups is 1. The lowest BCUT2D eigenvalue weighted by Crippen LogP contribution is -2.46. The summed E-state index contributed by atoms with van der Waals surface area (Å²) in [5.41, 5.74) is 0.594. The first kappa shape index (κ1) is 20.2. The van der Waals surface area contributed by atoms with Crippen molar-refractivity contribution in [1.29, 1.82) is 0 Å². The van der Waals surface area contributed by atoms with E-state index in [1.165, 1.54) is 5.57 Å². The molecule has 0 saturated carbocycles. The maximum atomic E-state index is 13.0. The number of nitrogens with one attached hydrogen (secondary N) is 1. The zero-order valence-electron chi connectivity index (χ0n) is 14.9. The first-order valence-corrected chi connectivity index (χ1v) is 8.59. The molecule has 2 N–H and O–H groups in total. The van der Waals surface area contributed by atoms with E-state index < -0.39 is 11.5 Å². The van der Waals surface area contributed by atoms with Gasteiger partial charge in [0.15, 0.2) is 5.60 Å². The Balaban J connectivity index is 0.00000243. The van der Waals surface area contributed by atoms with Crippen LogP contribution in [0.3, 0.4) is 0 Å². The van der Waals surface area contributed by atoms with Crippen molar-refractivity contribution in [2.24, 2.45) is 0 Å². The fourth-order valence-corrected chi connectivity index (χ4v) is 3.22. The van der Waals surface area contributed by atoms with Crippen molar-refractivity contribution in [1.82, 2.24) is 10.2 Å². The van der Waals surface area contributed by atoms with Gasteiger partial charge >= 0.3 is 0 Å². The molecule has 26 heavy (non-hydrogen) atoms. The van der Waals surface area contributed by atoms with Crippen LogP contribution in [0.1, 0.15) is 17.5 Å². The molecule has 2 aromatic carbocycles. The van der Waals surface area contributed by atoms with Crippen molar-refractivity contribution in [3.63, 3.8) is 0 Å². The Bertz CT molecular complexity index is 708. The van der Waals surface area contributed by atoms with Crippen LogP contribution in [0, 0.1) is 0 Å². The predicted molar refractivity (Wildman–Crippen MR) is 106 cm³/mol. The maximum Gasteiger partial charge on any atom is 0.261 e. The zero-order chi connectivity index (χ0) is 17.7. The highest BCUT2D eigenvalue weighted by molar-refractivity contribution is 5.90. The van der Waals surface area contributed by atoms with Crippen LogP contribution in [0.2, 0.25) is 0 Å². The summed E-state index contributed by atoms with van der Waals surface area (Å²) < 4.78 is 0. The van der Waals surface area contributed by atoms with E-state index in [9.17, 15) is 9.90 Å². The smallest absolute Gasteiger partial charge is 0.261 e. The molecule has 0 spiro atoms. The molecule has 138 valence electrons. The monoisotopic (exact) mass is 372 g/mol. The number of hydrogen-bond donors (Lipinski definition) is 2. The standard InChI is InChI=1S/C21H24N2O2.ClH/c1-23-14-8-9-17(16-23)15-22-20(24)21(25,18-10-4-2-5-11-18)19-12-6-3-7-13-19;/h2-7,9-13,25H,8,14-16H2,1H3,(H,22,24);1H. The van der Waals surface area contributed by atoms with Crippen LogP contribution in [0.5, 0.6) is 0 Å². The quantitative estimate of drug-likeness (QED) is 0.793. The summed E-state index contributed by atoms with van der Waals surface area (Å²) in [7, 11) is 2.07. The molecule has 5 heteroatoms. The SMILES string of the molecule is CN1CCC=C(CNC(=O)C(O)(c2ccccc2)c2ccccc2)C1.Cl. The van der Waals surface area contributed by atoms with Gasteiger partial charge in [-0.3, -0.25) is 4.79 Å². The van der Waals surface area contributed by atoms with E-state index in [2.05, 4.69) is 23.3 Å². The van der Waals surface area contributed by atoms with Crippen LogP contribution in [0.25, 0.3) is 0 Å². The summed E-state index contributed by atoms with van der Waals surface area (Å²) in [5.74, 6) is -0.404. The molecule has 1 aliphatic heterocycles. The molecule has 0 radical (unpaired) electrons. The molecular formula is C21H25ClN2O2. The second kappa shape index (κ2) is 8.99. The third-order valence-electron chi connectivity index (χ3n) is 4.60. The average molecular weight is 373 g/mol. The van der Waals surface area contributed by atoms with Gasteiger partial charge in [0.2, 0.25) is 0 Å². The lowest BCUT2D eigenvalue weighted by molar-refractivity contribution is -0.136. The molecule has 1 amide bonds. The van der Waals surface area contributed by atoms with Gasteiger partial charge in [-0.1, -0.05) is 66.7 Å². The van der Waals surface area contributed by atoms with Crippen LogP contribution in [-0.2, 0) is 10.4 Å². The second-order valence-electron chi connectivity index (χ2n) is 6.51. The van der Waals surface area contributed by atoms with Gasteiger partial charge in [-0.15, -0.1) is 12.4 Å². The van der Waals surface area contributed by atoms with Crippen LogP contribution >= 0.6 is 12.4 Å². The minimum Gasteiger partial charge on any atom is -0.372 e. The van der Waals surface area contributed by atoms with Gasteiger partial charge in [-0.2, -0.15) is 0 Å². The van der Waals surface area contributed by atoms with Crippen molar-refractivity contribution in [2.75, 3.05) is 26.7 Å². The Kier molecular flexibility index (Phi) is 6.98. The maximum absolute atomic E-state index is 13.0. The molecule has 1 heterocycles. The van der Waals surface area contributed by atoms with Crippen molar-refractivity contribution < 1.29 is 9.90 Å². The van der Waals surface area contributed by atoms with E-state index in [0.29, 0.717) is 17.7 Å². The number of halogens is 1. The summed E-state index contributed by atoms with van der Waals surface area (Å²) in [6, 6.07) is 18.2. The lowest BCUT2D eigenvalue weighted by Gasteiger charge is -2.29. The minimum atomic E-state index is -1.70. The molecule has 2 aromatic rings. The number of rotatable bonds is 5. The van der Waals surface area contributed by atoms with Crippen molar-refractivity contribution in [2.45, 2.75) is 12.0 Å². The minimum absolute atomic E-state index is 0. The number of hydrogen-bond acceptors (Lipinski definition) is 3. The summed E-state index contributed by atoms with van der Waals surface area (Å²) >= 11 is 0. The van der Waals surface area contributed by atoms with Gasteiger partial charge in [0.1, 0.15) is 0 Å². The Hall–Kier alpha value is -2.14. The van der Waals surface area contributed by atoms with E-state index in [4.69, 9.17) is 0 Å². The van der Waals surface area contributed by atoms with Gasteiger partial charge in [0, 0.05) is 19.6 Å². The number of benzene rings is 2. The first-order chi connectivity index (χ1) is 12.1. The van der Waals surface area contributed by atoms with Gasteiger partial charge in [0.25, 0.3) is 5.91 Å². The number of likely N-dealkylation sites (N-methyl/N-ethyl adjacent to an activating group) is 1. The lowest BCUT2D eigenvalue weighted by atomic mass is 9.85. The third kappa shape index (κ3) is 4.33. The van der Waals surface area contributed by atoms with Crippen molar-refractivity contribution in [3.8, 4) is 0 Å². The average Bonchev–Trinajstić information content (AvgIpc) is 2.67. The highest BCUT2D eigenvalue weighted by Gasteiger charge is 2.39. The molecule has 0 fully saturated rings. The number of carbonyl (C=O) groups is 1. The summed E-state index contributed by atoms with van der Waals surface area (Å²) in [4.78, 5) is 15.2. The van der Waals surface area contributed by atoms with Crippen LogP contribution in [0.15, 0.2) is 72.3 Å². The van der Waals surface area contributed by atoms with E-state index in [0.717, 1.165) is 19.5 Å². The molecule has 0 aromatic heterocycles. The van der Waals surface area contributed by atoms with Crippen LogP contribution < -0.4 is 5.32 Å². The molecule has 0 saturated heterocycles. The predicted octanol–water partition coefficient (Wildman–Crippen LogP) is 2.72. The summed E-state index contributed by atoms with van der Waals surface area (Å²) in [6.45, 7) is 2.33. The molecular weight excluding hydrogens is 348 g/mol. The Morgan fingerprint density at radius 3 is 2.12 bits per heavy atom. The molecule has 1 aliphatic rings. The van der Waals surface area contributed by atoms with E-state index in [1.54, 1.807) is 24.3 Å². The van der Waals surface area contributed by atoms with Crippen LogP contribution in [-0.4, -0.2) is 42.6 Å². The first-order valence-electron chi connectivity index (χ1n) is 8.59. The van der Waals surface area contributed by atoms with Crippen molar-refractivity contribution >= 4 is 18.3 Å². The highest BCUT2D eigenvalue weighted by Crippen LogP contribution is 2.29. The van der Waals surface area contributed by atoms with E-state index in [-0.39, 0.29) is 12.4 Å². The number of nitrogens with zero attached hydrogens (tertiary/aromatic N) is 1. The molecule has 3 rings (SSSR count). The van der Waals surface area contributed by atoms with E-state index in [1.807, 2.05) is 36.4 Å². The summed E-state index contributed by atoms with van der Waals surface area (Å²) in [5, 5.41) is 14.3. The Labute approximate surface area is 160 Å². The fourth-order valence-electron chi connectivity index (χ4n) is 3.22. The molecule has 0 unspecified atom stereocenters. The second-order valence-corrected chi connectivity index (χ2v) is 6.51. The van der Waals surface area contributed by atoms with E-state index >= 15 is 0 Å². The van der Waals surface area contributed by atoms with Gasteiger partial charge in [-0.25, -0.2) is 0 Å². The van der Waals surface area contributed by atoms with Crippen LogP contribution in [0.4, 0.5) is 0 Å². The fraction of sp³-hybridized carbons (Fsp3) is 0.286. The highest BCUT2D eigenvalue weighted by atomic mass is 35.5. The third-order valence-corrected chi connectivity index (χ3v) is 4.60. The molecule has 0 bridgehead atoms. The number of amides is 1. The van der Waals surface area contributed by atoms with Gasteiger partial charge in [0.05, 0.1) is 0 Å². The van der Waals surface area contributed by atoms with Gasteiger partial charge < -0.3 is 15.3 Å². The summed E-state index contributed by atoms with van der Waals surface area (Å²) in [6.07, 6.45) is 3.16. The molecule has 4 nitrogen and oxygen atoms in total. The normalized spacial score (nSPS) is 14.9.